The van der Waals surface area contributed by atoms with Crippen molar-refractivity contribution in [3.05, 3.63) is 0 Å². The number of methoxy groups -OCH3 is 1. The molecule has 4 nitrogen and oxygen atoms in total. The standard InChI is InChI=1S/C15H29N3O/c1-4-17-15(2,13-16)8-5-6-9-18-10-7-14(11-18)12-19-3/h14,17H,4-12H2,1-3H3. The molecule has 2 atom stereocenters. The van der Waals surface area contributed by atoms with Crippen molar-refractivity contribution in [1.82, 2.24) is 10.2 Å². The highest BCUT2D eigenvalue weighted by atomic mass is 16.5. The summed E-state index contributed by atoms with van der Waals surface area (Å²) in [6, 6.07) is 2.39. The van der Waals surface area contributed by atoms with Crippen LogP contribution in [0.3, 0.4) is 0 Å². The molecule has 1 fully saturated rings. The van der Waals surface area contributed by atoms with Crippen molar-refractivity contribution in [3.8, 4) is 6.07 Å². The van der Waals surface area contributed by atoms with Gasteiger partial charge in [0, 0.05) is 13.7 Å². The molecule has 0 saturated carbocycles. The van der Waals surface area contributed by atoms with Crippen LogP contribution in [0, 0.1) is 17.2 Å². The van der Waals surface area contributed by atoms with E-state index in [0.29, 0.717) is 0 Å². The Balaban J connectivity index is 2.13. The van der Waals surface area contributed by atoms with E-state index in [2.05, 4.69) is 23.2 Å². The summed E-state index contributed by atoms with van der Waals surface area (Å²) >= 11 is 0. The summed E-state index contributed by atoms with van der Waals surface area (Å²) in [5, 5.41) is 12.5. The van der Waals surface area contributed by atoms with Crippen LogP contribution in [0.5, 0.6) is 0 Å². The quantitative estimate of drug-likeness (QED) is 0.649. The average Bonchev–Trinajstić information content (AvgIpc) is 2.83. The van der Waals surface area contributed by atoms with Crippen molar-refractivity contribution >= 4 is 0 Å². The lowest BCUT2D eigenvalue weighted by Gasteiger charge is -2.23. The molecule has 0 aliphatic carbocycles. The Hall–Kier alpha value is -0.630. The summed E-state index contributed by atoms with van der Waals surface area (Å²) in [6.07, 6.45) is 4.50. The van der Waals surface area contributed by atoms with E-state index in [-0.39, 0.29) is 5.54 Å². The van der Waals surface area contributed by atoms with E-state index in [1.807, 2.05) is 6.92 Å². The summed E-state index contributed by atoms with van der Waals surface area (Å²) in [4.78, 5) is 2.53. The van der Waals surface area contributed by atoms with Gasteiger partial charge in [0.2, 0.25) is 0 Å². The van der Waals surface area contributed by atoms with E-state index >= 15 is 0 Å². The Morgan fingerprint density at radius 2 is 2.26 bits per heavy atom. The highest BCUT2D eigenvalue weighted by molar-refractivity contribution is 5.03. The van der Waals surface area contributed by atoms with Crippen molar-refractivity contribution in [2.75, 3.05) is 39.9 Å². The van der Waals surface area contributed by atoms with Crippen LogP contribution in [0.1, 0.15) is 39.5 Å². The van der Waals surface area contributed by atoms with Crippen LogP contribution in [0.2, 0.25) is 0 Å². The van der Waals surface area contributed by atoms with Crippen LogP contribution in [0.25, 0.3) is 0 Å². The van der Waals surface area contributed by atoms with E-state index in [1.165, 1.54) is 25.9 Å². The van der Waals surface area contributed by atoms with Crippen LogP contribution >= 0.6 is 0 Å². The molecule has 1 N–H and O–H groups in total. The van der Waals surface area contributed by atoms with E-state index in [9.17, 15) is 5.26 Å². The fourth-order valence-electron chi connectivity index (χ4n) is 2.88. The van der Waals surface area contributed by atoms with E-state index in [0.717, 1.165) is 38.5 Å². The van der Waals surface area contributed by atoms with Gasteiger partial charge in [-0.1, -0.05) is 6.92 Å². The summed E-state index contributed by atoms with van der Waals surface area (Å²) in [6.45, 7) is 9.34. The molecule has 1 saturated heterocycles. The van der Waals surface area contributed by atoms with Crippen LogP contribution in [0.4, 0.5) is 0 Å². The minimum Gasteiger partial charge on any atom is -0.384 e. The molecule has 0 bridgehead atoms. The second-order valence-electron chi connectivity index (χ2n) is 5.84. The van der Waals surface area contributed by atoms with Crippen LogP contribution in [-0.4, -0.2) is 50.3 Å². The lowest BCUT2D eigenvalue weighted by atomic mass is 9.96. The summed E-state index contributed by atoms with van der Waals surface area (Å²) in [5.41, 5.74) is -0.349. The Morgan fingerprint density at radius 3 is 2.89 bits per heavy atom. The predicted molar refractivity (Wildman–Crippen MR) is 78.0 cm³/mol. The Labute approximate surface area is 118 Å². The van der Waals surface area contributed by atoms with E-state index in [4.69, 9.17) is 4.74 Å². The molecule has 0 amide bonds. The molecule has 4 heteroatoms. The molecule has 1 aliphatic rings. The Morgan fingerprint density at radius 1 is 1.47 bits per heavy atom. The number of nitrogens with zero attached hydrogens (tertiary/aromatic N) is 2. The van der Waals surface area contributed by atoms with Crippen molar-refractivity contribution in [3.63, 3.8) is 0 Å². The van der Waals surface area contributed by atoms with Crippen LogP contribution in [-0.2, 0) is 4.74 Å². The molecule has 0 aromatic rings. The largest absolute Gasteiger partial charge is 0.384 e. The first-order valence-corrected chi connectivity index (χ1v) is 7.51. The first kappa shape index (κ1) is 16.4. The summed E-state index contributed by atoms with van der Waals surface area (Å²) in [7, 11) is 1.78. The molecule has 1 heterocycles. The molecule has 110 valence electrons. The molecular weight excluding hydrogens is 238 g/mol. The maximum atomic E-state index is 9.18. The molecule has 2 unspecified atom stereocenters. The van der Waals surface area contributed by atoms with Gasteiger partial charge in [-0.15, -0.1) is 0 Å². The number of nitrogens with one attached hydrogen (secondary N) is 1. The van der Waals surface area contributed by atoms with Crippen molar-refractivity contribution in [2.45, 2.75) is 45.1 Å². The smallest absolute Gasteiger partial charge is 0.103 e. The van der Waals surface area contributed by atoms with Gasteiger partial charge in [-0.3, -0.25) is 5.32 Å². The van der Waals surface area contributed by atoms with E-state index in [1.54, 1.807) is 7.11 Å². The first-order chi connectivity index (χ1) is 9.13. The topological polar surface area (TPSA) is 48.3 Å². The molecule has 0 aromatic heterocycles. The fraction of sp³-hybridized carbons (Fsp3) is 0.933. The molecule has 19 heavy (non-hydrogen) atoms. The second kappa shape index (κ2) is 8.52. The molecule has 0 aromatic carbocycles. The average molecular weight is 267 g/mol. The Kier molecular flexibility index (Phi) is 7.37. The predicted octanol–water partition coefficient (Wildman–Crippen LogP) is 2.02. The number of unbranched alkanes of at least 4 members (excludes halogenated alkanes) is 1. The van der Waals surface area contributed by atoms with Gasteiger partial charge in [0.1, 0.15) is 5.54 Å². The van der Waals surface area contributed by atoms with Gasteiger partial charge in [0.05, 0.1) is 12.7 Å². The number of ether oxygens (including phenoxy) is 1. The van der Waals surface area contributed by atoms with Gasteiger partial charge in [0.25, 0.3) is 0 Å². The summed E-state index contributed by atoms with van der Waals surface area (Å²) in [5.74, 6) is 0.719. The van der Waals surface area contributed by atoms with Crippen molar-refractivity contribution in [2.24, 2.45) is 5.92 Å². The van der Waals surface area contributed by atoms with Gasteiger partial charge in [-0.05, 0) is 58.2 Å². The number of hydrogen-bond acceptors (Lipinski definition) is 4. The molecule has 0 radical (unpaired) electrons. The third-order valence-electron chi connectivity index (χ3n) is 3.99. The van der Waals surface area contributed by atoms with Gasteiger partial charge < -0.3 is 9.64 Å². The van der Waals surface area contributed by atoms with E-state index < -0.39 is 0 Å². The minimum absolute atomic E-state index is 0.349. The maximum absolute atomic E-state index is 9.18. The van der Waals surface area contributed by atoms with Crippen LogP contribution in [0.15, 0.2) is 0 Å². The maximum Gasteiger partial charge on any atom is 0.103 e. The third kappa shape index (κ3) is 5.90. The van der Waals surface area contributed by atoms with Gasteiger partial charge >= 0.3 is 0 Å². The van der Waals surface area contributed by atoms with Crippen molar-refractivity contribution in [1.29, 1.82) is 5.26 Å². The summed E-state index contributed by atoms with van der Waals surface area (Å²) < 4.78 is 5.21. The van der Waals surface area contributed by atoms with Gasteiger partial charge in [-0.2, -0.15) is 5.26 Å². The molecular formula is C15H29N3O. The molecule has 1 aliphatic heterocycles. The van der Waals surface area contributed by atoms with Crippen molar-refractivity contribution < 1.29 is 4.74 Å². The second-order valence-corrected chi connectivity index (χ2v) is 5.84. The fourth-order valence-corrected chi connectivity index (χ4v) is 2.88. The number of nitriles is 1. The SMILES string of the molecule is CCNC(C)(C#N)CCCCN1CCC(COC)C1. The van der Waals surface area contributed by atoms with Gasteiger partial charge in [0.15, 0.2) is 0 Å². The number of likely N-dealkylation sites (tertiary alicyclic amines) is 1. The highest BCUT2D eigenvalue weighted by Crippen LogP contribution is 2.18. The lowest BCUT2D eigenvalue weighted by Crippen LogP contribution is -2.40. The normalized spacial score (nSPS) is 23.2. The lowest BCUT2D eigenvalue weighted by molar-refractivity contribution is 0.153. The molecule has 0 spiro atoms. The zero-order valence-electron chi connectivity index (χ0n) is 12.7. The zero-order valence-corrected chi connectivity index (χ0v) is 12.7. The van der Waals surface area contributed by atoms with Gasteiger partial charge in [-0.25, -0.2) is 0 Å². The first-order valence-electron chi connectivity index (χ1n) is 7.51. The number of hydrogen-bond donors (Lipinski definition) is 1. The molecule has 1 rings (SSSR count). The van der Waals surface area contributed by atoms with Crippen LogP contribution < -0.4 is 5.32 Å². The minimum atomic E-state index is -0.349. The third-order valence-corrected chi connectivity index (χ3v) is 3.99. The zero-order chi connectivity index (χ0) is 14.1. The Bertz CT molecular complexity index is 290. The number of rotatable bonds is 9. The monoisotopic (exact) mass is 267 g/mol. The highest BCUT2D eigenvalue weighted by Gasteiger charge is 2.23.